The maximum atomic E-state index is 11.5. The van der Waals surface area contributed by atoms with E-state index in [4.69, 9.17) is 14.0 Å². The van der Waals surface area contributed by atoms with Gasteiger partial charge in [-0.3, -0.25) is 0 Å². The molecule has 3 rings (SSSR count). The number of hydrogen-bond acceptors (Lipinski definition) is 5. The second kappa shape index (κ2) is 7.07. The number of fused-ring (bicyclic) bond motifs is 1. The molecule has 0 saturated carbocycles. The van der Waals surface area contributed by atoms with Crippen molar-refractivity contribution in [1.29, 1.82) is 0 Å². The van der Waals surface area contributed by atoms with Gasteiger partial charge in [0.15, 0.2) is 11.5 Å². The molecule has 2 aromatic carbocycles. The average molecular weight is 311 g/mol. The summed E-state index contributed by atoms with van der Waals surface area (Å²) in [7, 11) is 0. The van der Waals surface area contributed by atoms with Gasteiger partial charge in [0.2, 0.25) is 0 Å². The van der Waals surface area contributed by atoms with Crippen molar-refractivity contribution in [3.05, 3.63) is 65.5 Å². The molecular weight excluding hydrogens is 294 g/mol. The van der Waals surface area contributed by atoms with Crippen molar-refractivity contribution < 1.29 is 18.8 Å². The predicted molar refractivity (Wildman–Crippen MR) is 84.9 cm³/mol. The van der Waals surface area contributed by atoms with E-state index in [0.29, 0.717) is 19.0 Å². The zero-order valence-electron chi connectivity index (χ0n) is 12.8. The smallest absolute Gasteiger partial charge is 0.360 e. The molecule has 5 nitrogen and oxygen atoms in total. The normalized spacial score (nSPS) is 10.8. The van der Waals surface area contributed by atoms with Crippen molar-refractivity contribution >= 4 is 16.7 Å². The van der Waals surface area contributed by atoms with Crippen molar-refractivity contribution in [2.24, 2.45) is 0 Å². The molecule has 5 heteroatoms. The highest BCUT2D eigenvalue weighted by atomic mass is 16.5. The van der Waals surface area contributed by atoms with Gasteiger partial charge in [-0.15, -0.1) is 0 Å². The Morgan fingerprint density at radius 3 is 2.83 bits per heavy atom. The lowest BCUT2D eigenvalue weighted by Crippen LogP contribution is -2.04. The minimum Gasteiger partial charge on any atom is -0.461 e. The van der Waals surface area contributed by atoms with Crippen LogP contribution in [0.4, 0.5) is 0 Å². The fourth-order valence-electron chi connectivity index (χ4n) is 2.36. The van der Waals surface area contributed by atoms with Crippen LogP contribution in [0.5, 0.6) is 0 Å². The quantitative estimate of drug-likeness (QED) is 0.649. The van der Waals surface area contributed by atoms with E-state index in [1.54, 1.807) is 13.0 Å². The summed E-state index contributed by atoms with van der Waals surface area (Å²) in [5.41, 5.74) is 1.27. The summed E-state index contributed by atoms with van der Waals surface area (Å²) < 4.78 is 15.6. The fraction of sp³-hybridized carbons (Fsp3) is 0.222. The van der Waals surface area contributed by atoms with E-state index in [2.05, 4.69) is 23.4 Å². The number of carbonyl (C=O) groups is 1. The van der Waals surface area contributed by atoms with Crippen LogP contribution in [0.3, 0.4) is 0 Å². The molecule has 0 aliphatic carbocycles. The minimum atomic E-state index is -0.489. The molecule has 0 spiro atoms. The van der Waals surface area contributed by atoms with Gasteiger partial charge in [0.1, 0.15) is 6.61 Å². The minimum absolute atomic E-state index is 0.163. The van der Waals surface area contributed by atoms with Crippen molar-refractivity contribution in [1.82, 2.24) is 5.16 Å². The third kappa shape index (κ3) is 3.57. The van der Waals surface area contributed by atoms with Gasteiger partial charge in [-0.05, 0) is 23.3 Å². The maximum Gasteiger partial charge on any atom is 0.360 e. The summed E-state index contributed by atoms with van der Waals surface area (Å²) >= 11 is 0. The SMILES string of the molecule is CCOC(=O)c1cc(COCc2cccc3ccccc23)on1. The number of nitrogens with zero attached hydrogens (tertiary/aromatic N) is 1. The molecule has 0 amide bonds. The predicted octanol–water partition coefficient (Wildman–Crippen LogP) is 3.72. The van der Waals surface area contributed by atoms with Gasteiger partial charge in [0.05, 0.1) is 13.2 Å². The highest BCUT2D eigenvalue weighted by molar-refractivity contribution is 5.87. The molecule has 1 aromatic heterocycles. The lowest BCUT2D eigenvalue weighted by Gasteiger charge is -2.06. The summed E-state index contributed by atoms with van der Waals surface area (Å²) in [4.78, 5) is 11.5. The third-order valence-electron chi connectivity index (χ3n) is 3.43. The van der Waals surface area contributed by atoms with Gasteiger partial charge in [0, 0.05) is 6.07 Å². The van der Waals surface area contributed by atoms with Crippen LogP contribution in [0.15, 0.2) is 53.1 Å². The van der Waals surface area contributed by atoms with E-state index >= 15 is 0 Å². The van der Waals surface area contributed by atoms with Crippen LogP contribution in [0.25, 0.3) is 10.8 Å². The summed E-state index contributed by atoms with van der Waals surface area (Å²) in [6.07, 6.45) is 0. The zero-order chi connectivity index (χ0) is 16.1. The van der Waals surface area contributed by atoms with Crippen molar-refractivity contribution in [3.8, 4) is 0 Å². The molecule has 0 aliphatic heterocycles. The number of ether oxygens (including phenoxy) is 2. The van der Waals surface area contributed by atoms with E-state index in [-0.39, 0.29) is 12.3 Å². The third-order valence-corrected chi connectivity index (χ3v) is 3.43. The van der Waals surface area contributed by atoms with Gasteiger partial charge >= 0.3 is 5.97 Å². The van der Waals surface area contributed by atoms with Gasteiger partial charge < -0.3 is 14.0 Å². The Labute approximate surface area is 133 Å². The van der Waals surface area contributed by atoms with Crippen molar-refractivity contribution in [2.75, 3.05) is 6.61 Å². The van der Waals surface area contributed by atoms with Crippen LogP contribution in [0.1, 0.15) is 28.7 Å². The second-order valence-electron chi connectivity index (χ2n) is 5.03. The monoisotopic (exact) mass is 311 g/mol. The number of hydrogen-bond donors (Lipinski definition) is 0. The Kier molecular flexibility index (Phi) is 4.68. The van der Waals surface area contributed by atoms with Crippen molar-refractivity contribution in [2.45, 2.75) is 20.1 Å². The van der Waals surface area contributed by atoms with E-state index in [0.717, 1.165) is 5.56 Å². The van der Waals surface area contributed by atoms with Crippen LogP contribution in [0.2, 0.25) is 0 Å². The molecule has 118 valence electrons. The van der Waals surface area contributed by atoms with Crippen molar-refractivity contribution in [3.63, 3.8) is 0 Å². The van der Waals surface area contributed by atoms with Gasteiger partial charge in [-0.1, -0.05) is 47.6 Å². The number of benzene rings is 2. The molecule has 0 aliphatic rings. The van der Waals surface area contributed by atoms with Gasteiger partial charge in [0.25, 0.3) is 0 Å². The molecule has 0 saturated heterocycles. The molecule has 0 atom stereocenters. The first-order valence-corrected chi connectivity index (χ1v) is 7.45. The Morgan fingerprint density at radius 1 is 1.13 bits per heavy atom. The first-order valence-electron chi connectivity index (χ1n) is 7.45. The summed E-state index contributed by atoms with van der Waals surface area (Å²) in [5, 5.41) is 6.03. The molecular formula is C18H17NO4. The van der Waals surface area contributed by atoms with Gasteiger partial charge in [-0.2, -0.15) is 0 Å². The first-order chi connectivity index (χ1) is 11.3. The first kappa shape index (κ1) is 15.2. The standard InChI is InChI=1S/C18H17NO4/c1-2-22-18(20)17-10-15(23-19-17)12-21-11-14-8-5-7-13-6-3-4-9-16(13)14/h3-10H,2,11-12H2,1H3. The Balaban J connectivity index is 1.62. The van der Waals surface area contributed by atoms with Crippen LogP contribution >= 0.6 is 0 Å². The molecule has 23 heavy (non-hydrogen) atoms. The van der Waals surface area contributed by atoms with E-state index in [1.165, 1.54) is 10.8 Å². The topological polar surface area (TPSA) is 61.6 Å². The van der Waals surface area contributed by atoms with E-state index < -0.39 is 5.97 Å². The van der Waals surface area contributed by atoms with Crippen LogP contribution < -0.4 is 0 Å². The van der Waals surface area contributed by atoms with E-state index in [1.807, 2.05) is 24.3 Å². The maximum absolute atomic E-state index is 11.5. The summed E-state index contributed by atoms with van der Waals surface area (Å²) in [6.45, 7) is 2.75. The Morgan fingerprint density at radius 2 is 1.96 bits per heavy atom. The number of carbonyl (C=O) groups excluding carboxylic acids is 1. The Hall–Kier alpha value is -2.66. The van der Waals surface area contributed by atoms with Crippen LogP contribution in [-0.2, 0) is 22.7 Å². The number of rotatable bonds is 6. The van der Waals surface area contributed by atoms with Crippen LogP contribution in [0, 0.1) is 0 Å². The zero-order valence-corrected chi connectivity index (χ0v) is 12.8. The number of esters is 1. The molecule has 0 radical (unpaired) electrons. The van der Waals surface area contributed by atoms with E-state index in [9.17, 15) is 4.79 Å². The fourth-order valence-corrected chi connectivity index (χ4v) is 2.36. The molecule has 0 fully saturated rings. The molecule has 0 bridgehead atoms. The Bertz CT molecular complexity index is 804. The summed E-state index contributed by atoms with van der Waals surface area (Å²) in [6, 6.07) is 15.8. The number of aromatic nitrogens is 1. The molecule has 0 N–H and O–H groups in total. The largest absolute Gasteiger partial charge is 0.461 e. The summed E-state index contributed by atoms with van der Waals surface area (Å²) in [5.74, 6) is 0.00448. The molecule has 1 heterocycles. The molecule has 0 unspecified atom stereocenters. The van der Waals surface area contributed by atoms with Crippen LogP contribution in [-0.4, -0.2) is 17.7 Å². The lowest BCUT2D eigenvalue weighted by atomic mass is 10.1. The molecule has 3 aromatic rings. The average Bonchev–Trinajstić information content (AvgIpc) is 3.04. The van der Waals surface area contributed by atoms with Gasteiger partial charge in [-0.25, -0.2) is 4.79 Å². The highest BCUT2D eigenvalue weighted by Gasteiger charge is 2.13. The lowest BCUT2D eigenvalue weighted by molar-refractivity contribution is 0.0513. The second-order valence-corrected chi connectivity index (χ2v) is 5.03. The highest BCUT2D eigenvalue weighted by Crippen LogP contribution is 2.19.